The molecule has 6 heteroatoms. The van der Waals surface area contributed by atoms with Crippen LogP contribution in [0.25, 0.3) is 0 Å². The van der Waals surface area contributed by atoms with E-state index in [1.54, 1.807) is 0 Å². The average molecular weight is 271 g/mol. The summed E-state index contributed by atoms with van der Waals surface area (Å²) in [7, 11) is 0. The van der Waals surface area contributed by atoms with Crippen molar-refractivity contribution in [1.29, 1.82) is 0 Å². The summed E-state index contributed by atoms with van der Waals surface area (Å²) in [5.41, 5.74) is 0. The van der Waals surface area contributed by atoms with E-state index in [9.17, 15) is 9.90 Å². The minimum absolute atomic E-state index is 0.0710. The smallest absolute Gasteiger partial charge is 0.228 e. The predicted octanol–water partition coefficient (Wildman–Crippen LogP) is 2.08. The highest BCUT2D eigenvalue weighted by molar-refractivity contribution is 7.15. The van der Waals surface area contributed by atoms with Gasteiger partial charge in [0.2, 0.25) is 11.0 Å². The lowest BCUT2D eigenvalue weighted by Crippen LogP contribution is -2.23. The van der Waals surface area contributed by atoms with Crippen molar-refractivity contribution in [2.45, 2.75) is 46.6 Å². The van der Waals surface area contributed by atoms with Crippen molar-refractivity contribution in [2.75, 3.05) is 5.32 Å². The first-order chi connectivity index (χ1) is 8.38. The van der Waals surface area contributed by atoms with Crippen LogP contribution < -0.4 is 5.32 Å². The summed E-state index contributed by atoms with van der Waals surface area (Å²) in [6.45, 7) is 7.98. The molecular weight excluding hydrogens is 250 g/mol. The van der Waals surface area contributed by atoms with Crippen LogP contribution in [0.15, 0.2) is 0 Å². The Kier molecular flexibility index (Phi) is 5.68. The summed E-state index contributed by atoms with van der Waals surface area (Å²) in [6, 6.07) is 0. The van der Waals surface area contributed by atoms with Gasteiger partial charge in [0.05, 0.1) is 12.5 Å². The average Bonchev–Trinajstić information content (AvgIpc) is 2.63. The van der Waals surface area contributed by atoms with Gasteiger partial charge in [-0.2, -0.15) is 0 Å². The molecule has 1 amide bonds. The number of carbonyl (C=O) groups is 1. The van der Waals surface area contributed by atoms with Gasteiger partial charge >= 0.3 is 0 Å². The number of amides is 1. The molecule has 0 aliphatic rings. The maximum Gasteiger partial charge on any atom is 0.228 e. The third-order valence-electron chi connectivity index (χ3n) is 2.46. The quantitative estimate of drug-likeness (QED) is 0.830. The van der Waals surface area contributed by atoms with E-state index in [1.165, 1.54) is 11.3 Å². The highest BCUT2D eigenvalue weighted by atomic mass is 32.1. The Morgan fingerprint density at radius 2 is 2.00 bits per heavy atom. The standard InChI is InChI=1S/C12H21N3O2S/c1-7(2)5-11-14-15-12(18-11)13-10(17)6-9(16)8(3)4/h7-9,16H,5-6H2,1-4H3,(H,13,15,17). The Morgan fingerprint density at radius 3 is 2.56 bits per heavy atom. The lowest BCUT2D eigenvalue weighted by atomic mass is 10.0. The molecule has 1 rings (SSSR count). The minimum atomic E-state index is -0.618. The normalized spacial score (nSPS) is 13.1. The number of nitrogens with one attached hydrogen (secondary N) is 1. The molecule has 0 saturated carbocycles. The maximum atomic E-state index is 11.6. The van der Waals surface area contributed by atoms with Crippen LogP contribution >= 0.6 is 11.3 Å². The Balaban J connectivity index is 2.47. The first-order valence-electron chi connectivity index (χ1n) is 6.18. The van der Waals surface area contributed by atoms with Crippen molar-refractivity contribution >= 4 is 22.4 Å². The van der Waals surface area contributed by atoms with Crippen molar-refractivity contribution < 1.29 is 9.90 Å². The fourth-order valence-corrected chi connectivity index (χ4v) is 2.30. The molecule has 0 spiro atoms. The largest absolute Gasteiger partial charge is 0.392 e. The van der Waals surface area contributed by atoms with Gasteiger partial charge in [-0.25, -0.2) is 0 Å². The minimum Gasteiger partial charge on any atom is -0.392 e. The number of rotatable bonds is 6. The van der Waals surface area contributed by atoms with Gasteiger partial charge in [-0.3, -0.25) is 4.79 Å². The summed E-state index contributed by atoms with van der Waals surface area (Å²) >= 11 is 1.39. The summed E-state index contributed by atoms with van der Waals surface area (Å²) in [5, 5.41) is 21.6. The van der Waals surface area contributed by atoms with E-state index in [-0.39, 0.29) is 18.2 Å². The van der Waals surface area contributed by atoms with Crippen LogP contribution in [-0.4, -0.2) is 27.3 Å². The van der Waals surface area contributed by atoms with E-state index in [4.69, 9.17) is 0 Å². The molecule has 2 N–H and O–H groups in total. The number of anilines is 1. The Hall–Kier alpha value is -1.01. The van der Waals surface area contributed by atoms with Gasteiger partial charge in [0.25, 0.3) is 0 Å². The van der Waals surface area contributed by atoms with Crippen LogP contribution in [0.5, 0.6) is 0 Å². The fraction of sp³-hybridized carbons (Fsp3) is 0.750. The SMILES string of the molecule is CC(C)Cc1nnc(NC(=O)CC(O)C(C)C)s1. The van der Waals surface area contributed by atoms with E-state index >= 15 is 0 Å². The number of carbonyl (C=O) groups excluding carboxylic acids is 1. The highest BCUT2D eigenvalue weighted by Crippen LogP contribution is 2.18. The third kappa shape index (κ3) is 5.10. The Labute approximate surface area is 112 Å². The molecule has 0 aromatic carbocycles. The number of nitrogens with zero attached hydrogens (tertiary/aromatic N) is 2. The summed E-state index contributed by atoms with van der Waals surface area (Å²) in [4.78, 5) is 11.6. The van der Waals surface area contributed by atoms with Crippen molar-refractivity contribution in [1.82, 2.24) is 10.2 Å². The van der Waals surface area contributed by atoms with Crippen LogP contribution in [0, 0.1) is 11.8 Å². The zero-order chi connectivity index (χ0) is 13.7. The fourth-order valence-electron chi connectivity index (χ4n) is 1.33. The van der Waals surface area contributed by atoms with E-state index in [0.717, 1.165) is 11.4 Å². The van der Waals surface area contributed by atoms with Gasteiger partial charge in [0.15, 0.2) is 0 Å². The zero-order valence-corrected chi connectivity index (χ0v) is 12.1. The number of aliphatic hydroxyl groups excluding tert-OH is 1. The van der Waals surface area contributed by atoms with Gasteiger partial charge in [-0.15, -0.1) is 10.2 Å². The number of aliphatic hydroxyl groups is 1. The summed E-state index contributed by atoms with van der Waals surface area (Å²) in [6.07, 6.45) is 0.340. The molecule has 0 saturated heterocycles. The van der Waals surface area contributed by atoms with Crippen molar-refractivity contribution in [2.24, 2.45) is 11.8 Å². The third-order valence-corrected chi connectivity index (χ3v) is 3.32. The van der Waals surface area contributed by atoms with Crippen LogP contribution in [0.4, 0.5) is 5.13 Å². The molecule has 1 atom stereocenters. The molecule has 102 valence electrons. The summed E-state index contributed by atoms with van der Waals surface area (Å²) < 4.78 is 0. The van der Waals surface area contributed by atoms with E-state index < -0.39 is 6.10 Å². The summed E-state index contributed by atoms with van der Waals surface area (Å²) in [5.74, 6) is 0.370. The maximum absolute atomic E-state index is 11.6. The van der Waals surface area contributed by atoms with Crippen LogP contribution in [0.1, 0.15) is 39.1 Å². The molecule has 1 unspecified atom stereocenters. The molecule has 5 nitrogen and oxygen atoms in total. The van der Waals surface area contributed by atoms with Gasteiger partial charge < -0.3 is 10.4 Å². The second-order valence-electron chi connectivity index (χ2n) is 5.16. The molecule has 1 aromatic rings. The Morgan fingerprint density at radius 1 is 1.33 bits per heavy atom. The predicted molar refractivity (Wildman–Crippen MR) is 72.5 cm³/mol. The first kappa shape index (κ1) is 15.0. The molecular formula is C12H21N3O2S. The second-order valence-corrected chi connectivity index (χ2v) is 6.22. The molecule has 1 aromatic heterocycles. The molecule has 18 heavy (non-hydrogen) atoms. The van der Waals surface area contributed by atoms with Crippen LogP contribution in [-0.2, 0) is 11.2 Å². The number of aromatic nitrogens is 2. The molecule has 0 fully saturated rings. The molecule has 0 aliphatic carbocycles. The van der Waals surface area contributed by atoms with Gasteiger partial charge in [0.1, 0.15) is 5.01 Å². The molecule has 0 bridgehead atoms. The zero-order valence-electron chi connectivity index (χ0n) is 11.3. The van der Waals surface area contributed by atoms with Gasteiger partial charge in [0, 0.05) is 6.42 Å². The van der Waals surface area contributed by atoms with Crippen LogP contribution in [0.3, 0.4) is 0 Å². The van der Waals surface area contributed by atoms with E-state index in [1.807, 2.05) is 13.8 Å². The molecule has 0 aliphatic heterocycles. The lowest BCUT2D eigenvalue weighted by molar-refractivity contribution is -0.118. The van der Waals surface area contributed by atoms with E-state index in [0.29, 0.717) is 11.0 Å². The van der Waals surface area contributed by atoms with Crippen LogP contribution in [0.2, 0.25) is 0 Å². The van der Waals surface area contributed by atoms with Gasteiger partial charge in [-0.05, 0) is 11.8 Å². The molecule has 1 heterocycles. The second kappa shape index (κ2) is 6.80. The van der Waals surface area contributed by atoms with Crippen molar-refractivity contribution in [3.63, 3.8) is 0 Å². The van der Waals surface area contributed by atoms with Crippen molar-refractivity contribution in [3.8, 4) is 0 Å². The topological polar surface area (TPSA) is 75.1 Å². The highest BCUT2D eigenvalue weighted by Gasteiger charge is 2.16. The lowest BCUT2D eigenvalue weighted by Gasteiger charge is -2.12. The van der Waals surface area contributed by atoms with E-state index in [2.05, 4.69) is 29.4 Å². The Bertz CT molecular complexity index is 390. The molecule has 0 radical (unpaired) electrons. The van der Waals surface area contributed by atoms with Crippen molar-refractivity contribution in [3.05, 3.63) is 5.01 Å². The first-order valence-corrected chi connectivity index (χ1v) is 7.00. The van der Waals surface area contributed by atoms with Gasteiger partial charge in [-0.1, -0.05) is 39.0 Å². The monoisotopic (exact) mass is 271 g/mol. The number of hydrogen-bond donors (Lipinski definition) is 2. The number of hydrogen-bond acceptors (Lipinski definition) is 5.